The fraction of sp³-hybridized carbons (Fsp3) is 0.550. The lowest BCUT2D eigenvalue weighted by atomic mass is 9.92. The van der Waals surface area contributed by atoms with Gasteiger partial charge in [0, 0.05) is 19.1 Å². The number of carbonyl (C=O) groups is 3. The van der Waals surface area contributed by atoms with Crippen LogP contribution in [-0.2, 0) is 14.8 Å². The zero-order valence-electron chi connectivity index (χ0n) is 17.3. The summed E-state index contributed by atoms with van der Waals surface area (Å²) in [5.41, 5.74) is 0.141. The van der Waals surface area contributed by atoms with Crippen LogP contribution in [0.3, 0.4) is 0 Å². The van der Waals surface area contributed by atoms with Gasteiger partial charge in [-0.25, -0.2) is 17.9 Å². The molecule has 1 aliphatic heterocycles. The molecule has 1 aromatic carbocycles. The minimum absolute atomic E-state index is 0.121. The van der Waals surface area contributed by atoms with Gasteiger partial charge in [-0.2, -0.15) is 0 Å². The maximum Gasteiger partial charge on any atom is 0.407 e. The Bertz CT molecular complexity index is 913. The lowest BCUT2D eigenvalue weighted by Crippen LogP contribution is -2.53. The minimum atomic E-state index is -3.53. The van der Waals surface area contributed by atoms with E-state index in [-0.39, 0.29) is 30.9 Å². The maximum atomic E-state index is 12.4. The Morgan fingerprint density at radius 1 is 1.13 bits per heavy atom. The highest BCUT2D eigenvalue weighted by atomic mass is 32.2. The molecule has 3 amide bonds. The normalized spacial score (nSPS) is 21.2. The first-order valence-electron chi connectivity index (χ1n) is 9.91. The summed E-state index contributed by atoms with van der Waals surface area (Å²) >= 11 is 0. The third-order valence-corrected chi connectivity index (χ3v) is 6.86. The first kappa shape index (κ1) is 22.2. The summed E-state index contributed by atoms with van der Waals surface area (Å²) in [6, 6.07) is 6.38. The topological polar surface area (TPSA) is 122 Å². The second-order valence-electron chi connectivity index (χ2n) is 8.54. The number of ether oxygens (including phenoxy) is 1. The predicted molar refractivity (Wildman–Crippen MR) is 110 cm³/mol. The van der Waals surface area contributed by atoms with E-state index in [9.17, 15) is 22.8 Å². The fourth-order valence-electron chi connectivity index (χ4n) is 3.42. The summed E-state index contributed by atoms with van der Waals surface area (Å²) < 4.78 is 32.4. The van der Waals surface area contributed by atoms with Crippen LogP contribution >= 0.6 is 0 Å². The van der Waals surface area contributed by atoms with Gasteiger partial charge in [0.2, 0.25) is 10.0 Å². The summed E-state index contributed by atoms with van der Waals surface area (Å²) in [5.74, 6) is -0.706. The van der Waals surface area contributed by atoms with Crippen molar-refractivity contribution < 1.29 is 27.5 Å². The van der Waals surface area contributed by atoms with Gasteiger partial charge in [-0.15, -0.1) is 0 Å². The summed E-state index contributed by atoms with van der Waals surface area (Å²) in [6.07, 6.45) is 0.383. The second kappa shape index (κ2) is 8.35. The number of sulfonamides is 1. The smallest absolute Gasteiger partial charge is 0.407 e. The largest absolute Gasteiger partial charge is 0.444 e. The van der Waals surface area contributed by atoms with Gasteiger partial charge in [-0.1, -0.05) is 12.1 Å². The molecule has 1 saturated carbocycles. The van der Waals surface area contributed by atoms with Crippen LogP contribution in [0.2, 0.25) is 0 Å². The van der Waals surface area contributed by atoms with Gasteiger partial charge >= 0.3 is 6.09 Å². The van der Waals surface area contributed by atoms with Crippen molar-refractivity contribution in [2.24, 2.45) is 0 Å². The molecule has 9 nitrogen and oxygen atoms in total. The van der Waals surface area contributed by atoms with Crippen molar-refractivity contribution in [2.75, 3.05) is 13.1 Å². The lowest BCUT2D eigenvalue weighted by molar-refractivity contribution is 0.0479. The van der Waals surface area contributed by atoms with Crippen LogP contribution in [0, 0.1) is 0 Å². The number of hydrogen-bond acceptors (Lipinski definition) is 6. The molecule has 1 aromatic rings. The van der Waals surface area contributed by atoms with Crippen molar-refractivity contribution in [1.82, 2.24) is 14.9 Å². The molecule has 1 fully saturated rings. The van der Waals surface area contributed by atoms with E-state index in [0.717, 1.165) is 4.90 Å². The molecule has 2 N–H and O–H groups in total. The van der Waals surface area contributed by atoms with Gasteiger partial charge in [0.15, 0.2) is 0 Å². The van der Waals surface area contributed by atoms with Gasteiger partial charge in [0.25, 0.3) is 11.8 Å². The van der Waals surface area contributed by atoms with E-state index in [4.69, 9.17) is 4.74 Å². The van der Waals surface area contributed by atoms with Crippen molar-refractivity contribution in [3.05, 3.63) is 35.4 Å². The summed E-state index contributed by atoms with van der Waals surface area (Å²) in [4.78, 5) is 37.5. The quantitative estimate of drug-likeness (QED) is 0.494. The van der Waals surface area contributed by atoms with Crippen molar-refractivity contribution in [2.45, 2.75) is 56.9 Å². The molecule has 0 aromatic heterocycles. The van der Waals surface area contributed by atoms with Crippen LogP contribution < -0.4 is 10.0 Å². The number of rotatable bonds is 7. The Morgan fingerprint density at radius 2 is 1.70 bits per heavy atom. The van der Waals surface area contributed by atoms with E-state index in [1.54, 1.807) is 45.0 Å². The Labute approximate surface area is 176 Å². The van der Waals surface area contributed by atoms with E-state index in [0.29, 0.717) is 30.4 Å². The highest BCUT2D eigenvalue weighted by molar-refractivity contribution is 7.90. The van der Waals surface area contributed by atoms with E-state index in [2.05, 4.69) is 10.0 Å². The third kappa shape index (κ3) is 4.99. The lowest BCUT2D eigenvalue weighted by Gasteiger charge is -2.35. The fourth-order valence-corrected chi connectivity index (χ4v) is 5.06. The molecule has 1 heterocycles. The van der Waals surface area contributed by atoms with Crippen LogP contribution in [0.4, 0.5) is 4.79 Å². The van der Waals surface area contributed by atoms with Gasteiger partial charge in [-0.05, 0) is 52.2 Å². The van der Waals surface area contributed by atoms with Crippen LogP contribution in [0.1, 0.15) is 60.7 Å². The van der Waals surface area contributed by atoms with Gasteiger partial charge in [-0.3, -0.25) is 14.5 Å². The monoisotopic (exact) mass is 437 g/mol. The Balaban J connectivity index is 1.39. The second-order valence-corrected chi connectivity index (χ2v) is 10.6. The Morgan fingerprint density at radius 3 is 2.23 bits per heavy atom. The molecule has 0 atom stereocenters. The van der Waals surface area contributed by atoms with E-state index < -0.39 is 27.0 Å². The number of alkyl carbamates (subject to hydrolysis) is 1. The standard InChI is InChI=1S/C20H27N3O6S/c1-20(2,3)29-19(26)22-13-11-14(12-13)30(27,28)21-9-6-10-23-17(24)15-7-4-5-8-16(15)18(23)25/h4-5,7-8,13-14,21H,6,9-12H2,1-3H3,(H,22,26). The number of benzene rings is 1. The van der Waals surface area contributed by atoms with Crippen LogP contribution in [0.15, 0.2) is 24.3 Å². The first-order chi connectivity index (χ1) is 14.0. The molecule has 1 aliphatic carbocycles. The SMILES string of the molecule is CC(C)(C)OC(=O)NC1CC(S(=O)(=O)NCCCN2C(=O)c3ccccc3C2=O)C1. The molecule has 2 aliphatic rings. The molecule has 0 radical (unpaired) electrons. The number of nitrogens with one attached hydrogen (secondary N) is 2. The van der Waals surface area contributed by atoms with Gasteiger partial charge in [0.1, 0.15) is 5.60 Å². The number of hydrogen-bond donors (Lipinski definition) is 2. The zero-order chi connectivity index (χ0) is 22.1. The number of nitrogens with zero attached hydrogens (tertiary/aromatic N) is 1. The van der Waals surface area contributed by atoms with Crippen molar-refractivity contribution in [3.63, 3.8) is 0 Å². The minimum Gasteiger partial charge on any atom is -0.444 e. The summed E-state index contributed by atoms with van der Waals surface area (Å²) in [7, 11) is -3.53. The highest BCUT2D eigenvalue weighted by Crippen LogP contribution is 2.27. The average Bonchev–Trinajstić information content (AvgIpc) is 2.84. The maximum absolute atomic E-state index is 12.4. The van der Waals surface area contributed by atoms with Crippen LogP contribution in [0.25, 0.3) is 0 Å². The van der Waals surface area contributed by atoms with E-state index >= 15 is 0 Å². The van der Waals surface area contributed by atoms with Crippen molar-refractivity contribution in [1.29, 1.82) is 0 Å². The first-order valence-corrected chi connectivity index (χ1v) is 11.5. The molecule has 0 spiro atoms. The van der Waals surface area contributed by atoms with Crippen LogP contribution in [-0.4, -0.2) is 61.2 Å². The summed E-state index contributed by atoms with van der Waals surface area (Å²) in [5, 5.41) is 2.08. The van der Waals surface area contributed by atoms with E-state index in [1.807, 2.05) is 0 Å². The van der Waals surface area contributed by atoms with Crippen molar-refractivity contribution in [3.8, 4) is 0 Å². The van der Waals surface area contributed by atoms with Gasteiger partial charge < -0.3 is 10.1 Å². The molecular formula is C20H27N3O6S. The number of imide groups is 1. The van der Waals surface area contributed by atoms with Crippen molar-refractivity contribution >= 4 is 27.9 Å². The molecule has 0 bridgehead atoms. The van der Waals surface area contributed by atoms with E-state index in [1.165, 1.54) is 0 Å². The summed E-state index contributed by atoms with van der Waals surface area (Å²) in [6.45, 7) is 5.53. The Kier molecular flexibility index (Phi) is 6.19. The Hall–Kier alpha value is -2.46. The average molecular weight is 438 g/mol. The molecule has 30 heavy (non-hydrogen) atoms. The molecular weight excluding hydrogens is 410 g/mol. The molecule has 164 valence electrons. The highest BCUT2D eigenvalue weighted by Gasteiger charge is 2.40. The number of amides is 3. The van der Waals surface area contributed by atoms with Crippen LogP contribution in [0.5, 0.6) is 0 Å². The van der Waals surface area contributed by atoms with Gasteiger partial charge in [0.05, 0.1) is 16.4 Å². The number of fused-ring (bicyclic) bond motifs is 1. The molecule has 0 unspecified atom stereocenters. The molecule has 10 heteroatoms. The predicted octanol–water partition coefficient (Wildman–Crippen LogP) is 1.65. The molecule has 3 rings (SSSR count). The number of carbonyl (C=O) groups excluding carboxylic acids is 3. The molecule has 0 saturated heterocycles. The zero-order valence-corrected chi connectivity index (χ0v) is 18.1. The third-order valence-electron chi connectivity index (χ3n) is 4.99.